The lowest BCUT2D eigenvalue weighted by atomic mass is 9.31. The van der Waals surface area contributed by atoms with Crippen molar-refractivity contribution in [3.63, 3.8) is 0 Å². The summed E-state index contributed by atoms with van der Waals surface area (Å²) in [4.78, 5) is 0. The molecular weight excluding hydrogens is 1410 g/mol. The van der Waals surface area contributed by atoms with Crippen LogP contribution in [0.1, 0.15) is 314 Å². The van der Waals surface area contributed by atoms with Gasteiger partial charge in [-0.1, -0.05) is 179 Å². The van der Waals surface area contributed by atoms with Crippen molar-refractivity contribution in [2.45, 2.75) is 327 Å². The predicted octanol–water partition coefficient (Wildman–Crippen LogP) is 25.1. The maximum atomic E-state index is 11.3. The van der Waals surface area contributed by atoms with Crippen LogP contribution in [-0.2, 0) is 15.9 Å². The van der Waals surface area contributed by atoms with E-state index < -0.39 is 23.0 Å². The Kier molecular flexibility index (Phi) is 23.2. The zero-order valence-corrected chi connectivity index (χ0v) is 75.3. The van der Waals surface area contributed by atoms with E-state index in [0.29, 0.717) is 129 Å². The third-order valence-corrected chi connectivity index (χ3v) is 44.4. The van der Waals surface area contributed by atoms with Crippen molar-refractivity contribution >= 4 is 0 Å². The van der Waals surface area contributed by atoms with Crippen molar-refractivity contribution in [1.82, 2.24) is 0 Å². The molecule has 114 heavy (non-hydrogen) atoms. The average molecular weight is 1570 g/mol. The number of ether oxygens (including phenoxy) is 2. The fourth-order valence-corrected chi connectivity index (χ4v) is 37.2. The maximum Gasteiger partial charge on any atom is 0.0915 e. The third-order valence-electron chi connectivity index (χ3n) is 44.4. The summed E-state index contributed by atoms with van der Waals surface area (Å²) in [6.45, 7) is 63.3. The van der Waals surface area contributed by atoms with Crippen molar-refractivity contribution < 1.29 is 45.2 Å². The van der Waals surface area contributed by atoms with E-state index in [1.54, 1.807) is 14.2 Å². The van der Waals surface area contributed by atoms with Crippen LogP contribution in [-0.4, -0.2) is 88.6 Å². The zero-order chi connectivity index (χ0) is 82.8. The Hall–Kier alpha value is -3.18. The van der Waals surface area contributed by atoms with Gasteiger partial charge in [-0.05, 0) is 377 Å². The Bertz CT molecular complexity index is 3620. The first-order valence-corrected chi connectivity index (χ1v) is 47.4. The molecule has 0 saturated heterocycles. The fourth-order valence-electron chi connectivity index (χ4n) is 37.2. The second-order valence-electron chi connectivity index (χ2n) is 46.7. The van der Waals surface area contributed by atoms with Crippen molar-refractivity contribution in [3.8, 4) is 0 Å². The van der Waals surface area contributed by atoms with Crippen LogP contribution < -0.4 is 0 Å². The molecule has 3 unspecified atom stereocenters. The maximum absolute atomic E-state index is 11.3. The molecule has 15 fully saturated rings. The van der Waals surface area contributed by atoms with Gasteiger partial charge in [0.25, 0.3) is 0 Å². The van der Waals surface area contributed by atoms with Crippen LogP contribution in [0.2, 0.25) is 0 Å². The summed E-state index contributed by atoms with van der Waals surface area (Å²) in [5, 5.41) is 76.5. The monoisotopic (exact) mass is 1570 g/mol. The van der Waals surface area contributed by atoms with E-state index in [1.165, 1.54) is 106 Å². The van der Waals surface area contributed by atoms with Gasteiger partial charge < -0.3 is 45.2 Å². The molecule has 33 atom stereocenters. The van der Waals surface area contributed by atoms with Gasteiger partial charge in [-0.2, -0.15) is 0 Å². The summed E-state index contributed by atoms with van der Waals surface area (Å²) in [6.07, 6.45) is 38.4. The molecule has 9 heteroatoms. The molecule has 0 heterocycles. The highest BCUT2D eigenvalue weighted by Gasteiger charge is 2.76. The van der Waals surface area contributed by atoms with Crippen molar-refractivity contribution in [2.75, 3.05) is 40.6 Å². The number of aryl methyl sites for hydroxylation is 1. The molecule has 0 spiro atoms. The molecule has 15 saturated carbocycles. The molecule has 0 amide bonds. The molecule has 15 aliphatic carbocycles. The van der Waals surface area contributed by atoms with Gasteiger partial charge in [0.15, 0.2) is 0 Å². The van der Waals surface area contributed by atoms with Gasteiger partial charge in [-0.15, -0.1) is 0 Å². The molecule has 640 valence electrons. The largest absolute Gasteiger partial charge is 0.512 e. The zero-order valence-electron chi connectivity index (χ0n) is 75.3. The lowest BCUT2D eigenvalue weighted by Crippen LogP contribution is -2.67. The number of aliphatic hydroxyl groups excluding tert-OH is 7. The van der Waals surface area contributed by atoms with Gasteiger partial charge >= 0.3 is 0 Å². The van der Waals surface area contributed by atoms with Crippen LogP contribution in [0.5, 0.6) is 0 Å². The van der Waals surface area contributed by atoms with Crippen molar-refractivity contribution in [1.29, 1.82) is 0 Å². The third kappa shape index (κ3) is 12.1. The van der Waals surface area contributed by atoms with E-state index in [4.69, 9.17) is 16.1 Å². The number of methoxy groups -OCH3 is 2. The van der Waals surface area contributed by atoms with Gasteiger partial charge in [0.1, 0.15) is 0 Å². The van der Waals surface area contributed by atoms with Gasteiger partial charge in [-0.3, -0.25) is 0 Å². The SMILES string of the molecule is C=C(CCCc1ccccc1)[C@@H]1CC[C@]2(C(=C)O)CC[C@]3(C)C(CC[C@@H]4[C@@]5(C)CC[C@H](O)[C@@](C)(CO)[C@@H]5CC[C@]43C)[C@@H]12.C=C(COC)[C@@H]1CC[C@]2(C(=C)O)CC[C@]3(C)C(CC[C@@H]4[C@@]5(C)CC[C@H](C)[C@@](C)(CC)[C@@H]5CC[C@]43C)[C@@H]12.C=C(COC)[C@@H]1CC[C@]2(C(=C)O)CC[C@]3(C)C(CC[C@@H]4[C@@]5(C)CC[C@H](O)[C@@](C)(CO)[C@@H]5CC[C@]43C)[C@@H]12. The fraction of sp³-hybridized carbons (Fsp3) is 0.829. The lowest BCUT2D eigenvalue weighted by molar-refractivity contribution is -0.253. The van der Waals surface area contributed by atoms with E-state index in [1.807, 2.05) is 0 Å². The van der Waals surface area contributed by atoms with Gasteiger partial charge in [0.2, 0.25) is 0 Å². The molecule has 0 aliphatic heterocycles. The van der Waals surface area contributed by atoms with E-state index in [2.05, 4.69) is 160 Å². The van der Waals surface area contributed by atoms with Crippen molar-refractivity contribution in [2.24, 2.45) is 176 Å². The van der Waals surface area contributed by atoms with Crippen LogP contribution in [0.15, 0.2) is 104 Å². The predicted molar refractivity (Wildman–Crippen MR) is 467 cm³/mol. The molecular formula is C105H166O9. The summed E-state index contributed by atoms with van der Waals surface area (Å²) in [7, 11) is 3.56. The van der Waals surface area contributed by atoms with Gasteiger partial charge in [0.05, 0.1) is 55.9 Å². The molecule has 1 aromatic carbocycles. The summed E-state index contributed by atoms with van der Waals surface area (Å²) in [5.41, 5.74) is 6.71. The summed E-state index contributed by atoms with van der Waals surface area (Å²) < 4.78 is 11.1. The Labute approximate surface area is 694 Å². The highest BCUT2D eigenvalue weighted by Crippen LogP contribution is 2.83. The number of aliphatic hydroxyl groups is 7. The lowest BCUT2D eigenvalue weighted by Gasteiger charge is -2.73. The minimum Gasteiger partial charge on any atom is -0.512 e. The van der Waals surface area contributed by atoms with Crippen LogP contribution >= 0.6 is 0 Å². The smallest absolute Gasteiger partial charge is 0.0915 e. The van der Waals surface area contributed by atoms with E-state index in [9.17, 15) is 35.7 Å². The highest BCUT2D eigenvalue weighted by atomic mass is 16.5. The van der Waals surface area contributed by atoms with Crippen LogP contribution in [0, 0.1) is 176 Å². The van der Waals surface area contributed by atoms with E-state index >= 15 is 0 Å². The number of benzene rings is 1. The second-order valence-corrected chi connectivity index (χ2v) is 46.7. The first-order chi connectivity index (χ1) is 53.6. The molecule has 0 radical (unpaired) electrons. The number of allylic oxidation sites excluding steroid dienone is 4. The number of hydrogen-bond donors (Lipinski definition) is 7. The minimum absolute atomic E-state index is 0.0737. The highest BCUT2D eigenvalue weighted by molar-refractivity contribution is 5.31. The normalized spacial score (nSPS) is 51.8. The van der Waals surface area contributed by atoms with Crippen LogP contribution in [0.3, 0.4) is 0 Å². The molecule has 7 N–H and O–H groups in total. The summed E-state index contributed by atoms with van der Waals surface area (Å²) in [5.74, 6) is 10.0. The number of fused-ring (bicyclic) bond motifs is 21. The minimum atomic E-state index is -0.409. The van der Waals surface area contributed by atoms with Crippen molar-refractivity contribution in [3.05, 3.63) is 109 Å². The summed E-state index contributed by atoms with van der Waals surface area (Å²) >= 11 is 0. The Morgan fingerprint density at radius 2 is 0.711 bits per heavy atom. The molecule has 0 aromatic heterocycles. The average Bonchev–Trinajstić information content (AvgIpc) is 1.09. The summed E-state index contributed by atoms with van der Waals surface area (Å²) in [6, 6.07) is 10.8. The molecule has 16 rings (SSSR count). The topological polar surface area (TPSA) is 160 Å². The standard InChI is InChI=1S/C39H58O3.C34H56O2.C32H52O4/c1-26(11-10-14-28-12-8-7-9-13-28)29-17-22-39(27(2)41)24-23-37(5)30(34(29)39)15-16-32-35(3)20-19-33(42)36(4,25-40)31(35)18-21-38(32,37)6;1-10-30(5)23(3)13-16-31(6)27(30)15-17-33(8)28(31)12-11-26-29-25(22(2)21-36-9)14-18-34(29,24(4)35)20-19-32(26,33)7;1-20(18-36-7)22-10-15-32(21(2)34)17-16-30(5)23(27(22)32)8-9-25-28(3)13-12-26(35)29(4,19-33)24(28)11-14-31(25,30)6/h7-9,12-13,29-34,40-42H,1-2,10-11,14-25H2,3-6H3;23,25-29,35H,2,4,10-21H2,1,3,5-9H3;22-27,33-35H,1-2,8-19H2,3-7H3/t29-,30?,31+,32+,33-,34+,35-,36-,37+,38+,39+;23-,25-,26?,27-,28+,29+,30+,31-,32+,33+,34+;22-,23?,24+,25+,26-,27+,28-,29-,30+,31+,32+/m000/s1. The first kappa shape index (κ1) is 87.2. The second kappa shape index (κ2) is 30.4. The Morgan fingerprint density at radius 1 is 0.377 bits per heavy atom. The van der Waals surface area contributed by atoms with E-state index in [0.717, 1.165) is 153 Å². The first-order valence-electron chi connectivity index (χ1n) is 47.4. The number of hydrogen-bond acceptors (Lipinski definition) is 9. The molecule has 15 aliphatic rings. The van der Waals surface area contributed by atoms with E-state index in [-0.39, 0.29) is 61.9 Å². The molecule has 9 nitrogen and oxygen atoms in total. The number of rotatable bonds is 17. The molecule has 1 aromatic rings. The Morgan fingerprint density at radius 3 is 1.04 bits per heavy atom. The molecule has 0 bridgehead atoms. The van der Waals surface area contributed by atoms with Gasteiger partial charge in [-0.25, -0.2) is 0 Å². The van der Waals surface area contributed by atoms with Crippen LogP contribution in [0.25, 0.3) is 0 Å². The van der Waals surface area contributed by atoms with Crippen LogP contribution in [0.4, 0.5) is 0 Å². The van der Waals surface area contributed by atoms with Gasteiger partial charge in [0, 0.05) is 41.3 Å². The Balaban J connectivity index is 0.000000142. The quantitative estimate of drug-likeness (QED) is 0.0595.